The number of hydrogen-bond donors (Lipinski definition) is 0. The molecule has 0 spiro atoms. The van der Waals surface area contributed by atoms with Crippen molar-refractivity contribution in [2.24, 2.45) is 0 Å². The molecule has 1 amide bonds. The van der Waals surface area contributed by atoms with Gasteiger partial charge in [0.2, 0.25) is 5.91 Å². The Hall–Kier alpha value is -0.570. The molecule has 0 N–H and O–H groups in total. The van der Waals surface area contributed by atoms with E-state index < -0.39 is 0 Å². The second kappa shape index (κ2) is 31.6. The van der Waals surface area contributed by atoms with Crippen molar-refractivity contribution in [1.82, 2.24) is 4.90 Å². The van der Waals surface area contributed by atoms with Gasteiger partial charge in [0.15, 0.2) is 0 Å². The molecule has 0 atom stereocenters. The zero-order valence-corrected chi connectivity index (χ0v) is 26.0. The first-order valence-electron chi connectivity index (χ1n) is 17.1. The number of ether oxygens (including phenoxy) is 1. The van der Waals surface area contributed by atoms with Gasteiger partial charge in [0, 0.05) is 19.7 Å². The van der Waals surface area contributed by atoms with Crippen molar-refractivity contribution in [3.05, 3.63) is 0 Å². The number of amides is 1. The van der Waals surface area contributed by atoms with Gasteiger partial charge in [-0.15, -0.1) is 0 Å². The van der Waals surface area contributed by atoms with Gasteiger partial charge in [-0.3, -0.25) is 4.79 Å². The Morgan fingerprint density at radius 3 is 0.973 bits per heavy atom. The van der Waals surface area contributed by atoms with E-state index in [1.165, 1.54) is 154 Å². The largest absolute Gasteiger partial charge is 0.372 e. The first kappa shape index (κ1) is 36.4. The van der Waals surface area contributed by atoms with Crippen molar-refractivity contribution >= 4 is 5.91 Å². The smallest absolute Gasteiger partial charge is 0.248 e. The minimum absolute atomic E-state index is 0.194. The zero-order valence-electron chi connectivity index (χ0n) is 26.0. The fraction of sp³-hybridized carbons (Fsp3) is 0.971. The average molecular weight is 524 g/mol. The maximum Gasteiger partial charge on any atom is 0.248 e. The third kappa shape index (κ3) is 28.3. The number of hydrogen-bond acceptors (Lipinski definition) is 2. The normalized spacial score (nSPS) is 11.3. The third-order valence-corrected chi connectivity index (χ3v) is 7.85. The van der Waals surface area contributed by atoms with Crippen molar-refractivity contribution < 1.29 is 9.53 Å². The van der Waals surface area contributed by atoms with Gasteiger partial charge >= 0.3 is 0 Å². The van der Waals surface area contributed by atoms with Gasteiger partial charge in [0.05, 0.1) is 0 Å². The molecule has 0 saturated heterocycles. The van der Waals surface area contributed by atoms with Crippen LogP contribution in [0.5, 0.6) is 0 Å². The Balaban J connectivity index is 3.72. The fourth-order valence-electron chi connectivity index (χ4n) is 5.28. The summed E-state index contributed by atoms with van der Waals surface area (Å²) in [5.41, 5.74) is 0. The van der Waals surface area contributed by atoms with Crippen LogP contribution in [0.25, 0.3) is 0 Å². The first-order chi connectivity index (χ1) is 18.3. The summed E-state index contributed by atoms with van der Waals surface area (Å²) in [5.74, 6) is 0.194. The summed E-state index contributed by atoms with van der Waals surface area (Å²) < 4.78 is 5.42. The Kier molecular flexibility index (Phi) is 31.2. The predicted molar refractivity (Wildman–Crippen MR) is 164 cm³/mol. The molecular formula is C34H69NO2. The van der Waals surface area contributed by atoms with E-state index in [0.717, 1.165) is 25.9 Å². The molecule has 0 fully saturated rings. The van der Waals surface area contributed by atoms with Gasteiger partial charge < -0.3 is 9.64 Å². The summed E-state index contributed by atoms with van der Waals surface area (Å²) in [6.45, 7) is 9.26. The molecule has 222 valence electrons. The molecule has 0 aromatic rings. The molecule has 3 heteroatoms. The lowest BCUT2D eigenvalue weighted by molar-refractivity contribution is -0.136. The summed E-state index contributed by atoms with van der Waals surface area (Å²) in [7, 11) is 0. The van der Waals surface area contributed by atoms with Crippen LogP contribution >= 0.6 is 0 Å². The second-order valence-corrected chi connectivity index (χ2v) is 11.5. The van der Waals surface area contributed by atoms with Crippen LogP contribution in [0.2, 0.25) is 0 Å². The van der Waals surface area contributed by atoms with E-state index in [9.17, 15) is 4.79 Å². The van der Waals surface area contributed by atoms with Crippen LogP contribution < -0.4 is 0 Å². The minimum Gasteiger partial charge on any atom is -0.372 e. The number of rotatable bonds is 31. The highest BCUT2D eigenvalue weighted by Gasteiger charge is 2.12. The molecule has 3 nitrogen and oxygen atoms in total. The van der Waals surface area contributed by atoms with Gasteiger partial charge in [-0.1, -0.05) is 168 Å². The second-order valence-electron chi connectivity index (χ2n) is 11.5. The van der Waals surface area contributed by atoms with Crippen LogP contribution in [0.3, 0.4) is 0 Å². The quantitative estimate of drug-likeness (QED) is 0.0845. The summed E-state index contributed by atoms with van der Waals surface area (Å²) >= 11 is 0. The van der Waals surface area contributed by atoms with E-state index >= 15 is 0 Å². The van der Waals surface area contributed by atoms with Gasteiger partial charge in [0.1, 0.15) is 6.61 Å². The standard InChI is InChI=1S/C34H69NO2/c1-4-7-9-11-13-15-17-19-20-22-24-26-28-30-32-35(34(36)33-37-6-3)31-29-27-25-23-21-18-16-14-12-10-8-5-2/h4-33H2,1-3H3. The summed E-state index contributed by atoms with van der Waals surface area (Å²) in [5, 5.41) is 0. The van der Waals surface area contributed by atoms with Crippen LogP contribution in [0, 0.1) is 0 Å². The van der Waals surface area contributed by atoms with E-state index in [1.54, 1.807) is 0 Å². The van der Waals surface area contributed by atoms with E-state index in [2.05, 4.69) is 18.7 Å². The van der Waals surface area contributed by atoms with E-state index in [-0.39, 0.29) is 12.5 Å². The van der Waals surface area contributed by atoms with E-state index in [0.29, 0.717) is 6.61 Å². The van der Waals surface area contributed by atoms with E-state index in [4.69, 9.17) is 4.74 Å². The fourth-order valence-corrected chi connectivity index (χ4v) is 5.28. The minimum atomic E-state index is 0.194. The first-order valence-corrected chi connectivity index (χ1v) is 17.1. The summed E-state index contributed by atoms with van der Waals surface area (Å²) in [6.07, 6.45) is 35.6. The lowest BCUT2D eigenvalue weighted by Crippen LogP contribution is -2.35. The molecule has 0 radical (unpaired) electrons. The van der Waals surface area contributed by atoms with Gasteiger partial charge in [-0.2, -0.15) is 0 Å². The number of nitrogens with zero attached hydrogens (tertiary/aromatic N) is 1. The lowest BCUT2D eigenvalue weighted by Gasteiger charge is -2.23. The molecule has 0 bridgehead atoms. The molecule has 0 aliphatic carbocycles. The molecule has 0 aromatic carbocycles. The number of unbranched alkanes of at least 4 members (excludes halogenated alkanes) is 24. The molecule has 0 aliphatic heterocycles. The lowest BCUT2D eigenvalue weighted by atomic mass is 10.0. The highest BCUT2D eigenvalue weighted by molar-refractivity contribution is 5.77. The molecule has 0 aliphatic rings. The maximum atomic E-state index is 12.6. The number of carbonyl (C=O) groups is 1. The number of carbonyl (C=O) groups excluding carboxylic acids is 1. The molecule has 0 aromatic heterocycles. The molecule has 37 heavy (non-hydrogen) atoms. The van der Waals surface area contributed by atoms with Crippen LogP contribution in [0.15, 0.2) is 0 Å². The molecule has 0 rings (SSSR count). The predicted octanol–water partition coefficient (Wildman–Crippen LogP) is 11.0. The van der Waals surface area contributed by atoms with Crippen molar-refractivity contribution in [3.8, 4) is 0 Å². The monoisotopic (exact) mass is 524 g/mol. The van der Waals surface area contributed by atoms with Crippen molar-refractivity contribution in [2.45, 2.75) is 188 Å². The Morgan fingerprint density at radius 1 is 0.432 bits per heavy atom. The molecular weight excluding hydrogens is 454 g/mol. The molecule has 0 heterocycles. The average Bonchev–Trinajstić information content (AvgIpc) is 2.91. The maximum absolute atomic E-state index is 12.6. The Labute approximate surface area is 234 Å². The van der Waals surface area contributed by atoms with Gasteiger partial charge in [-0.05, 0) is 19.8 Å². The van der Waals surface area contributed by atoms with Crippen molar-refractivity contribution in [3.63, 3.8) is 0 Å². The van der Waals surface area contributed by atoms with E-state index in [1.807, 2.05) is 6.92 Å². The SMILES string of the molecule is CCCCCCCCCCCCCCCCN(CCCCCCCCCCCCCC)C(=O)COCC. The molecule has 0 unspecified atom stereocenters. The van der Waals surface area contributed by atoms with Crippen LogP contribution in [-0.2, 0) is 9.53 Å². The molecule has 0 saturated carbocycles. The Bertz CT molecular complexity index is 440. The van der Waals surface area contributed by atoms with Crippen molar-refractivity contribution in [2.75, 3.05) is 26.3 Å². The van der Waals surface area contributed by atoms with Crippen molar-refractivity contribution in [1.29, 1.82) is 0 Å². The van der Waals surface area contributed by atoms with Gasteiger partial charge in [0.25, 0.3) is 0 Å². The summed E-state index contributed by atoms with van der Waals surface area (Å²) in [4.78, 5) is 14.7. The Morgan fingerprint density at radius 2 is 0.703 bits per heavy atom. The highest BCUT2D eigenvalue weighted by Crippen LogP contribution is 2.14. The highest BCUT2D eigenvalue weighted by atomic mass is 16.5. The van der Waals surface area contributed by atoms with Crippen LogP contribution in [-0.4, -0.2) is 37.1 Å². The van der Waals surface area contributed by atoms with Crippen LogP contribution in [0.4, 0.5) is 0 Å². The third-order valence-electron chi connectivity index (χ3n) is 7.85. The van der Waals surface area contributed by atoms with Crippen LogP contribution in [0.1, 0.15) is 188 Å². The topological polar surface area (TPSA) is 29.5 Å². The zero-order chi connectivity index (χ0) is 27.1. The summed E-state index contributed by atoms with van der Waals surface area (Å²) in [6, 6.07) is 0. The van der Waals surface area contributed by atoms with Gasteiger partial charge in [-0.25, -0.2) is 0 Å².